The molecule has 1 aromatic rings. The average molecular weight is 279 g/mol. The van der Waals surface area contributed by atoms with Crippen molar-refractivity contribution < 1.29 is 9.15 Å². The van der Waals surface area contributed by atoms with Gasteiger partial charge in [0.05, 0.1) is 19.3 Å². The van der Waals surface area contributed by atoms with Crippen LogP contribution in [0.2, 0.25) is 0 Å². The lowest BCUT2D eigenvalue weighted by Gasteiger charge is -2.26. The normalized spacial score (nSPS) is 23.1. The Labute approximate surface area is 123 Å². The molecular weight excluding hydrogens is 250 g/mol. The number of ether oxygens (including phenoxy) is 1. The van der Waals surface area contributed by atoms with Gasteiger partial charge in [-0.15, -0.1) is 0 Å². The first-order valence-corrected chi connectivity index (χ1v) is 8.09. The Hall–Kier alpha value is -0.800. The van der Waals surface area contributed by atoms with Crippen LogP contribution in [-0.2, 0) is 17.9 Å². The van der Waals surface area contributed by atoms with E-state index in [1.165, 1.54) is 31.2 Å². The maximum atomic E-state index is 6.06. The van der Waals surface area contributed by atoms with Crippen LogP contribution in [0.5, 0.6) is 0 Å². The van der Waals surface area contributed by atoms with E-state index in [-0.39, 0.29) is 0 Å². The number of rotatable bonds is 7. The average Bonchev–Trinajstić information content (AvgIpc) is 2.79. The maximum Gasteiger partial charge on any atom is 0.118 e. The molecule has 1 heterocycles. The Morgan fingerprint density at radius 3 is 2.75 bits per heavy atom. The van der Waals surface area contributed by atoms with E-state index in [0.717, 1.165) is 36.9 Å². The van der Waals surface area contributed by atoms with Gasteiger partial charge in [0.15, 0.2) is 0 Å². The molecule has 1 N–H and O–H groups in total. The van der Waals surface area contributed by atoms with Crippen molar-refractivity contribution in [3.05, 3.63) is 23.2 Å². The summed E-state index contributed by atoms with van der Waals surface area (Å²) in [7, 11) is 0. The molecule has 0 unspecified atom stereocenters. The van der Waals surface area contributed by atoms with Crippen molar-refractivity contribution in [1.29, 1.82) is 0 Å². The van der Waals surface area contributed by atoms with E-state index < -0.39 is 0 Å². The highest BCUT2D eigenvalue weighted by Gasteiger charge is 2.19. The van der Waals surface area contributed by atoms with Crippen molar-refractivity contribution in [3.8, 4) is 0 Å². The fourth-order valence-electron chi connectivity index (χ4n) is 2.81. The van der Waals surface area contributed by atoms with Gasteiger partial charge in [0.1, 0.15) is 11.5 Å². The van der Waals surface area contributed by atoms with Gasteiger partial charge in [-0.3, -0.25) is 0 Å². The maximum absolute atomic E-state index is 6.06. The van der Waals surface area contributed by atoms with Gasteiger partial charge in [0.2, 0.25) is 0 Å². The Bertz CT molecular complexity index is 392. The molecule has 0 saturated heterocycles. The third-order valence-electron chi connectivity index (χ3n) is 4.24. The molecule has 1 aliphatic rings. The van der Waals surface area contributed by atoms with Crippen molar-refractivity contribution in [2.75, 3.05) is 6.54 Å². The van der Waals surface area contributed by atoms with Gasteiger partial charge < -0.3 is 14.5 Å². The SMILES string of the molecule is CCCNCc1cc(COC2CCC(C)CC2)c(C)o1. The summed E-state index contributed by atoms with van der Waals surface area (Å²) < 4.78 is 11.8. The minimum Gasteiger partial charge on any atom is -0.465 e. The lowest BCUT2D eigenvalue weighted by Crippen LogP contribution is -2.20. The van der Waals surface area contributed by atoms with Gasteiger partial charge in [-0.1, -0.05) is 13.8 Å². The fraction of sp³-hybridized carbons (Fsp3) is 0.765. The first-order valence-electron chi connectivity index (χ1n) is 8.09. The molecular formula is C17H29NO2. The first-order chi connectivity index (χ1) is 9.69. The highest BCUT2D eigenvalue weighted by atomic mass is 16.5. The van der Waals surface area contributed by atoms with Crippen molar-refractivity contribution in [2.45, 2.75) is 72.1 Å². The summed E-state index contributed by atoms with van der Waals surface area (Å²) in [6, 6.07) is 2.14. The van der Waals surface area contributed by atoms with E-state index in [0.29, 0.717) is 12.7 Å². The van der Waals surface area contributed by atoms with Crippen LogP contribution in [0.25, 0.3) is 0 Å². The number of hydrogen-bond donors (Lipinski definition) is 1. The molecule has 0 aliphatic heterocycles. The number of furan rings is 1. The third-order valence-corrected chi connectivity index (χ3v) is 4.24. The highest BCUT2D eigenvalue weighted by molar-refractivity contribution is 5.20. The Morgan fingerprint density at radius 1 is 1.30 bits per heavy atom. The third kappa shape index (κ3) is 4.64. The quantitative estimate of drug-likeness (QED) is 0.760. The molecule has 114 valence electrons. The largest absolute Gasteiger partial charge is 0.465 e. The molecule has 20 heavy (non-hydrogen) atoms. The second-order valence-corrected chi connectivity index (χ2v) is 6.16. The number of aryl methyl sites for hydroxylation is 1. The summed E-state index contributed by atoms with van der Waals surface area (Å²) in [5.41, 5.74) is 1.21. The molecule has 0 radical (unpaired) electrons. The van der Waals surface area contributed by atoms with Gasteiger partial charge >= 0.3 is 0 Å². The zero-order valence-corrected chi connectivity index (χ0v) is 13.2. The standard InChI is InChI=1S/C17H29NO2/c1-4-9-18-11-17-10-15(14(3)20-17)12-19-16-7-5-13(2)6-8-16/h10,13,16,18H,4-9,11-12H2,1-3H3. The van der Waals surface area contributed by atoms with Crippen LogP contribution in [0.4, 0.5) is 0 Å². The van der Waals surface area contributed by atoms with Gasteiger partial charge in [0.25, 0.3) is 0 Å². The van der Waals surface area contributed by atoms with Crippen molar-refractivity contribution in [2.24, 2.45) is 5.92 Å². The van der Waals surface area contributed by atoms with Gasteiger partial charge in [0, 0.05) is 5.56 Å². The molecule has 3 heteroatoms. The summed E-state index contributed by atoms with van der Waals surface area (Å²) in [5, 5.41) is 3.37. The van der Waals surface area contributed by atoms with E-state index in [9.17, 15) is 0 Å². The number of nitrogens with one attached hydrogen (secondary N) is 1. The predicted octanol–water partition coefficient (Wildman–Crippen LogP) is 4.18. The van der Waals surface area contributed by atoms with Crippen molar-refractivity contribution >= 4 is 0 Å². The lowest BCUT2D eigenvalue weighted by atomic mass is 9.89. The molecule has 1 aliphatic carbocycles. The summed E-state index contributed by atoms with van der Waals surface area (Å²) in [4.78, 5) is 0. The molecule has 3 nitrogen and oxygen atoms in total. The summed E-state index contributed by atoms with van der Waals surface area (Å²) >= 11 is 0. The highest BCUT2D eigenvalue weighted by Crippen LogP contribution is 2.26. The predicted molar refractivity (Wildman–Crippen MR) is 81.7 cm³/mol. The van der Waals surface area contributed by atoms with E-state index in [4.69, 9.17) is 9.15 Å². The molecule has 1 saturated carbocycles. The molecule has 2 rings (SSSR count). The zero-order chi connectivity index (χ0) is 14.4. The van der Waals surface area contributed by atoms with E-state index in [1.54, 1.807) is 0 Å². The summed E-state index contributed by atoms with van der Waals surface area (Å²) in [6.07, 6.45) is 6.63. The summed E-state index contributed by atoms with van der Waals surface area (Å²) in [6.45, 7) is 9.09. The zero-order valence-electron chi connectivity index (χ0n) is 13.2. The monoisotopic (exact) mass is 279 g/mol. The molecule has 0 aromatic carbocycles. The van der Waals surface area contributed by atoms with Crippen molar-refractivity contribution in [1.82, 2.24) is 5.32 Å². The molecule has 0 amide bonds. The van der Waals surface area contributed by atoms with Crippen LogP contribution in [0.1, 0.15) is 63.0 Å². The van der Waals surface area contributed by atoms with Crippen LogP contribution in [0.15, 0.2) is 10.5 Å². The number of hydrogen-bond acceptors (Lipinski definition) is 3. The van der Waals surface area contributed by atoms with E-state index in [1.807, 2.05) is 6.92 Å². The Kier molecular flexibility index (Phi) is 6.11. The van der Waals surface area contributed by atoms with Crippen LogP contribution >= 0.6 is 0 Å². The van der Waals surface area contributed by atoms with Crippen LogP contribution < -0.4 is 5.32 Å². The smallest absolute Gasteiger partial charge is 0.118 e. The molecule has 0 bridgehead atoms. The van der Waals surface area contributed by atoms with E-state index >= 15 is 0 Å². The van der Waals surface area contributed by atoms with Gasteiger partial charge in [-0.25, -0.2) is 0 Å². The molecule has 1 fully saturated rings. The topological polar surface area (TPSA) is 34.4 Å². The second-order valence-electron chi connectivity index (χ2n) is 6.16. The van der Waals surface area contributed by atoms with Gasteiger partial charge in [-0.2, -0.15) is 0 Å². The Morgan fingerprint density at radius 2 is 2.05 bits per heavy atom. The molecule has 0 atom stereocenters. The summed E-state index contributed by atoms with van der Waals surface area (Å²) in [5.74, 6) is 2.90. The van der Waals surface area contributed by atoms with E-state index in [2.05, 4.69) is 25.2 Å². The molecule has 0 spiro atoms. The van der Waals surface area contributed by atoms with Crippen LogP contribution in [-0.4, -0.2) is 12.6 Å². The second kappa shape index (κ2) is 7.84. The first kappa shape index (κ1) is 15.6. The minimum absolute atomic E-state index is 0.446. The fourth-order valence-corrected chi connectivity index (χ4v) is 2.81. The van der Waals surface area contributed by atoms with Gasteiger partial charge in [-0.05, 0) is 57.6 Å². The molecule has 1 aromatic heterocycles. The van der Waals surface area contributed by atoms with Crippen LogP contribution in [0.3, 0.4) is 0 Å². The minimum atomic E-state index is 0.446. The lowest BCUT2D eigenvalue weighted by molar-refractivity contribution is 0.00831. The van der Waals surface area contributed by atoms with Crippen LogP contribution in [0, 0.1) is 12.8 Å². The Balaban J connectivity index is 1.77. The van der Waals surface area contributed by atoms with Crippen molar-refractivity contribution in [3.63, 3.8) is 0 Å².